The van der Waals surface area contributed by atoms with Gasteiger partial charge >= 0.3 is 6.09 Å². The van der Waals surface area contributed by atoms with E-state index in [2.05, 4.69) is 27.9 Å². The number of carbonyl (C=O) groups is 1. The van der Waals surface area contributed by atoms with Gasteiger partial charge in [0.25, 0.3) is 0 Å². The molecule has 2 N–H and O–H groups in total. The Morgan fingerprint density at radius 3 is 2.54 bits per heavy atom. The SMILES string of the molecule is Cc1cc(NC(=O)O)c(C)cc1I. The van der Waals surface area contributed by atoms with Crippen molar-refractivity contribution in [2.24, 2.45) is 0 Å². The molecule has 0 aliphatic rings. The van der Waals surface area contributed by atoms with Gasteiger partial charge < -0.3 is 5.11 Å². The van der Waals surface area contributed by atoms with Crippen molar-refractivity contribution in [1.29, 1.82) is 0 Å². The van der Waals surface area contributed by atoms with Crippen LogP contribution in [0.5, 0.6) is 0 Å². The highest BCUT2D eigenvalue weighted by atomic mass is 127. The Bertz CT molecular complexity index is 350. The summed E-state index contributed by atoms with van der Waals surface area (Å²) >= 11 is 2.23. The van der Waals surface area contributed by atoms with Crippen LogP contribution in [-0.4, -0.2) is 11.2 Å². The van der Waals surface area contributed by atoms with Crippen LogP contribution in [0, 0.1) is 17.4 Å². The number of hydrogen-bond donors (Lipinski definition) is 2. The van der Waals surface area contributed by atoms with Gasteiger partial charge in [-0.05, 0) is 59.7 Å². The summed E-state index contributed by atoms with van der Waals surface area (Å²) in [6.45, 7) is 3.83. The Balaban J connectivity index is 3.08. The predicted octanol–water partition coefficient (Wildman–Crippen LogP) is 3.00. The Hall–Kier alpha value is -0.780. The Morgan fingerprint density at radius 1 is 1.38 bits per heavy atom. The molecule has 1 aromatic rings. The van der Waals surface area contributed by atoms with Gasteiger partial charge in [-0.2, -0.15) is 0 Å². The van der Waals surface area contributed by atoms with Crippen LogP contribution in [0.15, 0.2) is 12.1 Å². The minimum atomic E-state index is -1.02. The van der Waals surface area contributed by atoms with E-state index in [1.165, 1.54) is 0 Å². The molecule has 0 radical (unpaired) electrons. The molecule has 0 fully saturated rings. The van der Waals surface area contributed by atoms with E-state index in [-0.39, 0.29) is 0 Å². The molecule has 0 saturated carbocycles. The number of aryl methyl sites for hydroxylation is 2. The molecule has 0 aliphatic carbocycles. The van der Waals surface area contributed by atoms with Crippen LogP contribution in [0.4, 0.5) is 10.5 Å². The van der Waals surface area contributed by atoms with Crippen molar-refractivity contribution in [1.82, 2.24) is 0 Å². The highest BCUT2D eigenvalue weighted by molar-refractivity contribution is 14.1. The molecule has 0 aliphatic heterocycles. The Morgan fingerprint density at radius 2 is 2.00 bits per heavy atom. The lowest BCUT2D eigenvalue weighted by Gasteiger charge is -2.07. The fourth-order valence-corrected chi connectivity index (χ4v) is 1.65. The number of benzene rings is 1. The second kappa shape index (κ2) is 3.95. The standard InChI is InChI=1S/C9H10INO2/c1-5-4-8(11-9(12)13)6(2)3-7(5)10/h3-4,11H,1-2H3,(H,12,13). The molecule has 70 valence electrons. The number of anilines is 1. The van der Waals surface area contributed by atoms with Crippen LogP contribution in [0.2, 0.25) is 0 Å². The van der Waals surface area contributed by atoms with Crippen molar-refractivity contribution in [3.63, 3.8) is 0 Å². The molecule has 0 heterocycles. The summed E-state index contributed by atoms with van der Waals surface area (Å²) < 4.78 is 1.14. The third-order valence-corrected chi connectivity index (χ3v) is 2.91. The van der Waals surface area contributed by atoms with Crippen LogP contribution >= 0.6 is 22.6 Å². The molecule has 0 aromatic heterocycles. The molecule has 0 saturated heterocycles. The van der Waals surface area contributed by atoms with Gasteiger partial charge in [0.15, 0.2) is 0 Å². The van der Waals surface area contributed by atoms with Crippen LogP contribution in [0.3, 0.4) is 0 Å². The zero-order valence-corrected chi connectivity index (χ0v) is 9.55. The van der Waals surface area contributed by atoms with Gasteiger partial charge in [-0.25, -0.2) is 4.79 Å². The van der Waals surface area contributed by atoms with E-state index >= 15 is 0 Å². The molecule has 1 aromatic carbocycles. The molecule has 0 spiro atoms. The maximum Gasteiger partial charge on any atom is 0.409 e. The van der Waals surface area contributed by atoms with Gasteiger partial charge in [0.1, 0.15) is 0 Å². The number of carboxylic acid groups (broad SMARTS) is 1. The van der Waals surface area contributed by atoms with E-state index in [4.69, 9.17) is 5.11 Å². The molecule has 0 atom stereocenters. The summed E-state index contributed by atoms with van der Waals surface area (Å²) in [6.07, 6.45) is -1.02. The van der Waals surface area contributed by atoms with Gasteiger partial charge in [-0.15, -0.1) is 0 Å². The van der Waals surface area contributed by atoms with E-state index in [0.717, 1.165) is 14.7 Å². The molecule has 0 bridgehead atoms. The number of rotatable bonds is 1. The van der Waals surface area contributed by atoms with Crippen LogP contribution < -0.4 is 5.32 Å². The first-order chi connectivity index (χ1) is 6.00. The second-order valence-corrected chi connectivity index (χ2v) is 4.01. The van der Waals surface area contributed by atoms with E-state index in [1.807, 2.05) is 26.0 Å². The van der Waals surface area contributed by atoms with Crippen molar-refractivity contribution in [3.8, 4) is 0 Å². The average Bonchev–Trinajstić information content (AvgIpc) is 1.99. The summed E-state index contributed by atoms with van der Waals surface area (Å²) in [6, 6.07) is 3.80. The number of amides is 1. The molecular weight excluding hydrogens is 281 g/mol. The minimum absolute atomic E-state index is 0.658. The van der Waals surface area contributed by atoms with Crippen LogP contribution in [-0.2, 0) is 0 Å². The summed E-state index contributed by atoms with van der Waals surface area (Å²) in [5.41, 5.74) is 2.68. The molecule has 13 heavy (non-hydrogen) atoms. The third-order valence-electron chi connectivity index (χ3n) is 1.75. The first kappa shape index (κ1) is 10.3. The number of halogens is 1. The molecule has 1 rings (SSSR count). The van der Waals surface area contributed by atoms with Gasteiger partial charge in [0, 0.05) is 9.26 Å². The summed E-state index contributed by atoms with van der Waals surface area (Å²) in [5, 5.41) is 10.9. The summed E-state index contributed by atoms with van der Waals surface area (Å²) in [7, 11) is 0. The molecule has 3 nitrogen and oxygen atoms in total. The topological polar surface area (TPSA) is 49.3 Å². The Kier molecular flexibility index (Phi) is 3.13. The van der Waals surface area contributed by atoms with E-state index in [9.17, 15) is 4.79 Å². The predicted molar refractivity (Wildman–Crippen MR) is 60.3 cm³/mol. The van der Waals surface area contributed by atoms with Crippen molar-refractivity contribution >= 4 is 34.4 Å². The minimum Gasteiger partial charge on any atom is -0.465 e. The van der Waals surface area contributed by atoms with Crippen molar-refractivity contribution in [3.05, 3.63) is 26.8 Å². The zero-order chi connectivity index (χ0) is 10.0. The second-order valence-electron chi connectivity index (χ2n) is 2.85. The van der Waals surface area contributed by atoms with Gasteiger partial charge in [0.2, 0.25) is 0 Å². The maximum atomic E-state index is 10.4. The van der Waals surface area contributed by atoms with E-state index < -0.39 is 6.09 Å². The summed E-state index contributed by atoms with van der Waals surface area (Å²) in [4.78, 5) is 10.4. The molecule has 4 heteroatoms. The van der Waals surface area contributed by atoms with E-state index in [0.29, 0.717) is 5.69 Å². The smallest absolute Gasteiger partial charge is 0.409 e. The molecule has 0 unspecified atom stereocenters. The number of nitrogens with one attached hydrogen (secondary N) is 1. The van der Waals surface area contributed by atoms with Crippen molar-refractivity contribution < 1.29 is 9.90 Å². The largest absolute Gasteiger partial charge is 0.465 e. The highest BCUT2D eigenvalue weighted by Gasteiger charge is 2.04. The van der Waals surface area contributed by atoms with Crippen molar-refractivity contribution in [2.75, 3.05) is 5.32 Å². The average molecular weight is 291 g/mol. The monoisotopic (exact) mass is 291 g/mol. The van der Waals surface area contributed by atoms with Crippen molar-refractivity contribution in [2.45, 2.75) is 13.8 Å². The van der Waals surface area contributed by atoms with Crippen LogP contribution in [0.25, 0.3) is 0 Å². The lowest BCUT2D eigenvalue weighted by molar-refractivity contribution is 0.209. The maximum absolute atomic E-state index is 10.4. The first-order valence-electron chi connectivity index (χ1n) is 3.77. The molecular formula is C9H10INO2. The van der Waals surface area contributed by atoms with Gasteiger partial charge in [0.05, 0.1) is 0 Å². The van der Waals surface area contributed by atoms with Gasteiger partial charge in [-0.1, -0.05) is 0 Å². The lowest BCUT2D eigenvalue weighted by Crippen LogP contribution is -2.08. The fraction of sp³-hybridized carbons (Fsp3) is 0.222. The van der Waals surface area contributed by atoms with E-state index in [1.54, 1.807) is 0 Å². The highest BCUT2D eigenvalue weighted by Crippen LogP contribution is 2.21. The zero-order valence-electron chi connectivity index (χ0n) is 7.39. The Labute approximate surface area is 90.3 Å². The lowest BCUT2D eigenvalue weighted by atomic mass is 10.1. The first-order valence-corrected chi connectivity index (χ1v) is 4.85. The number of hydrogen-bond acceptors (Lipinski definition) is 1. The normalized spacial score (nSPS) is 9.77. The quantitative estimate of drug-likeness (QED) is 0.781. The third kappa shape index (κ3) is 2.58. The van der Waals surface area contributed by atoms with Gasteiger partial charge in [-0.3, -0.25) is 5.32 Å². The summed E-state index contributed by atoms with van der Waals surface area (Å²) in [5.74, 6) is 0. The fourth-order valence-electron chi connectivity index (χ4n) is 1.03. The van der Waals surface area contributed by atoms with Crippen LogP contribution in [0.1, 0.15) is 11.1 Å². The molecule has 1 amide bonds.